The molecule has 0 bridgehead atoms. The molecule has 1 aromatic rings. The number of aliphatic hydroxyl groups excluding tert-OH is 14. The molecular weight excluding hydrogens is 1580 g/mol. The number of rotatable bonds is 47. The number of aromatic amines is 1. The molecule has 51 heteroatoms. The van der Waals surface area contributed by atoms with Crippen LogP contribution in [0.2, 0.25) is 0 Å². The van der Waals surface area contributed by atoms with Crippen molar-refractivity contribution in [1.82, 2.24) is 47.2 Å². The minimum Gasteiger partial charge on any atom is -0.481 e. The number of imidazole rings is 1. The summed E-state index contributed by atoms with van der Waals surface area (Å²) in [6.07, 6.45) is -39.3. The number of hydrogen-bond donors (Lipinski definition) is 26. The molecule has 117 heavy (non-hydrogen) atoms. The van der Waals surface area contributed by atoms with Gasteiger partial charge in [0.1, 0.15) is 165 Å². The maximum Gasteiger partial charge on any atom is 0.305 e. The van der Waals surface area contributed by atoms with Gasteiger partial charge in [-0.05, 0) is 46.0 Å². The van der Waals surface area contributed by atoms with E-state index < -0.39 is 309 Å². The SMILES string of the molecule is CC(C)C[C@H](NC(=O)[C@@H](NC(=O)[C@H](C)NC(=O)[C@H](Cc1cnc[nH]1)NC(=O)[C@H](C)NC(=O)[C@H](CC(=O)O)NC(=O)C=NOCCO[C@H]1O[C@H](CO[C@H]2O[C@H](CO[C@H]3O[C@H](CO)[C@@H](O)[C@@H]3O[C@@H]3O[C@H](CO)[C@@H](O)[C@@H]3O)[C@@H](O[C@H]3O[C@H](CO)[C@@H](O)[C@@H]3O[C@@H]3O[C@H](CO)[C@@H](O)[C@@H]3O)[C@@H]2O)[C@@H](O)[C@@H]1O)[C@@H](C)O)C(=O)N[C@@H](CCCN=C(N)N)C(N)=O. The Kier molecular flexibility index (Phi) is 37.5. The predicted octanol–water partition coefficient (Wildman–Crippen LogP) is -15.4. The van der Waals surface area contributed by atoms with Gasteiger partial charge in [-0.25, -0.2) is 4.98 Å². The molecule has 6 saturated heterocycles. The van der Waals surface area contributed by atoms with E-state index in [4.69, 9.17) is 78.9 Å². The van der Waals surface area contributed by atoms with E-state index in [-0.39, 0.29) is 49.8 Å². The van der Waals surface area contributed by atoms with E-state index in [1.807, 2.05) is 0 Å². The monoisotopic (exact) mass is 1690 g/mol. The van der Waals surface area contributed by atoms with Gasteiger partial charge in [0.15, 0.2) is 43.7 Å². The number of hydrogen-bond acceptors (Lipinski definition) is 39. The number of ether oxygens (including phenoxy) is 12. The molecule has 0 radical (unpaired) electrons. The van der Waals surface area contributed by atoms with Crippen molar-refractivity contribution in [1.29, 1.82) is 0 Å². The number of carboxylic acid groups (broad SMARTS) is 1. The molecule has 29 N–H and O–H groups in total. The number of oxime groups is 1. The highest BCUT2D eigenvalue weighted by Gasteiger charge is 2.57. The Bertz CT molecular complexity index is 3430. The number of aromatic nitrogens is 2. The van der Waals surface area contributed by atoms with Crippen molar-refractivity contribution in [3.8, 4) is 0 Å². The normalized spacial score (nSPS) is 32.9. The van der Waals surface area contributed by atoms with Gasteiger partial charge in [-0.2, -0.15) is 0 Å². The van der Waals surface area contributed by atoms with Crippen LogP contribution in [0.25, 0.3) is 0 Å². The number of amides is 8. The van der Waals surface area contributed by atoms with Crippen molar-refractivity contribution in [3.05, 3.63) is 18.2 Å². The third kappa shape index (κ3) is 26.8. The van der Waals surface area contributed by atoms with E-state index in [1.165, 1.54) is 19.4 Å². The molecule has 51 nitrogen and oxygen atoms in total. The zero-order chi connectivity index (χ0) is 86.4. The van der Waals surface area contributed by atoms with Gasteiger partial charge in [0, 0.05) is 24.9 Å². The number of nitrogens with two attached hydrogens (primary N) is 3. The zero-order valence-corrected chi connectivity index (χ0v) is 63.9. The Morgan fingerprint density at radius 1 is 0.513 bits per heavy atom. The van der Waals surface area contributed by atoms with Crippen LogP contribution in [-0.2, 0) is 111 Å². The summed E-state index contributed by atoms with van der Waals surface area (Å²) < 4.78 is 68.8. The number of carbonyl (C=O) groups excluding carboxylic acids is 8. The van der Waals surface area contributed by atoms with Crippen LogP contribution in [0.3, 0.4) is 0 Å². The van der Waals surface area contributed by atoms with E-state index in [2.05, 4.69) is 57.3 Å². The third-order valence-corrected chi connectivity index (χ3v) is 19.1. The first kappa shape index (κ1) is 96.3. The first-order chi connectivity index (χ1) is 55.4. The Morgan fingerprint density at radius 3 is 1.52 bits per heavy atom. The number of nitrogens with one attached hydrogen (secondary N) is 8. The van der Waals surface area contributed by atoms with E-state index in [9.17, 15) is 120 Å². The van der Waals surface area contributed by atoms with Gasteiger partial charge in [0.2, 0.25) is 41.4 Å². The largest absolute Gasteiger partial charge is 0.481 e. The summed E-state index contributed by atoms with van der Waals surface area (Å²) in [4.78, 5) is 135. The van der Waals surface area contributed by atoms with Gasteiger partial charge in [0.05, 0.1) is 65.1 Å². The van der Waals surface area contributed by atoms with Crippen molar-refractivity contribution in [3.63, 3.8) is 0 Å². The number of carboxylic acids is 1. The van der Waals surface area contributed by atoms with Gasteiger partial charge in [-0.1, -0.05) is 19.0 Å². The van der Waals surface area contributed by atoms with Crippen LogP contribution in [0.4, 0.5) is 0 Å². The fraction of sp³-hybridized carbons (Fsp3) is 0.788. The average molecular weight is 1690 g/mol. The molecule has 8 amide bonds. The second-order valence-corrected chi connectivity index (χ2v) is 28.6. The molecular formula is C66H108N14O37. The van der Waals surface area contributed by atoms with Crippen LogP contribution in [0, 0.1) is 5.92 Å². The van der Waals surface area contributed by atoms with Crippen LogP contribution in [0.15, 0.2) is 22.7 Å². The lowest BCUT2D eigenvalue weighted by molar-refractivity contribution is -0.270. The quantitative estimate of drug-likeness (QED) is 0.0125. The van der Waals surface area contributed by atoms with Crippen LogP contribution in [-0.4, -0.2) is 407 Å². The summed E-state index contributed by atoms with van der Waals surface area (Å²) in [5.41, 5.74) is 16.5. The Labute approximate surface area is 665 Å². The molecule has 1 aromatic heterocycles. The first-order valence-corrected chi connectivity index (χ1v) is 37.2. The first-order valence-electron chi connectivity index (χ1n) is 37.2. The van der Waals surface area contributed by atoms with Gasteiger partial charge < -0.3 is 198 Å². The fourth-order valence-corrected chi connectivity index (χ4v) is 12.7. The predicted molar refractivity (Wildman–Crippen MR) is 381 cm³/mol. The second kappa shape index (κ2) is 45.5. The lowest BCUT2D eigenvalue weighted by Gasteiger charge is -2.30. The highest BCUT2D eigenvalue weighted by molar-refractivity contribution is 6.26. The highest BCUT2D eigenvalue weighted by Crippen LogP contribution is 2.37. The second-order valence-electron chi connectivity index (χ2n) is 28.6. The number of aliphatic hydroxyl groups is 14. The molecule has 7 heterocycles. The van der Waals surface area contributed by atoms with Crippen LogP contribution >= 0.6 is 0 Å². The number of aliphatic imine (C=N–C) groups is 1. The Balaban J connectivity index is 0.900. The van der Waals surface area contributed by atoms with Crippen molar-refractivity contribution >= 4 is 65.4 Å². The molecule has 0 aromatic carbocycles. The van der Waals surface area contributed by atoms with Crippen molar-refractivity contribution in [2.75, 3.05) is 59.4 Å². The fourth-order valence-electron chi connectivity index (χ4n) is 12.7. The number of carbonyl (C=O) groups is 9. The number of aliphatic carboxylic acids is 1. The number of guanidine groups is 1. The van der Waals surface area contributed by atoms with Crippen LogP contribution < -0.4 is 54.4 Å². The summed E-state index contributed by atoms with van der Waals surface area (Å²) in [6, 6.07) is -10.8. The molecule has 7 rings (SSSR count). The lowest BCUT2D eigenvalue weighted by atomic mass is 10.0. The topological polar surface area (TPSA) is 793 Å². The van der Waals surface area contributed by atoms with Gasteiger partial charge in [-0.15, -0.1) is 0 Å². The van der Waals surface area contributed by atoms with E-state index in [0.29, 0.717) is 6.21 Å². The van der Waals surface area contributed by atoms with E-state index in [1.54, 1.807) is 13.8 Å². The summed E-state index contributed by atoms with van der Waals surface area (Å²) in [7, 11) is 0. The smallest absolute Gasteiger partial charge is 0.305 e. The van der Waals surface area contributed by atoms with Crippen molar-refractivity contribution in [2.45, 2.75) is 263 Å². The molecule has 6 aliphatic heterocycles. The van der Waals surface area contributed by atoms with Crippen molar-refractivity contribution < 1.29 is 181 Å². The van der Waals surface area contributed by atoms with Crippen LogP contribution in [0.1, 0.15) is 66.0 Å². The molecule has 6 aliphatic rings. The molecule has 0 saturated carbocycles. The number of nitrogens with zero attached hydrogens (tertiary/aromatic N) is 3. The minimum atomic E-state index is -1.93. The molecule has 0 spiro atoms. The van der Waals surface area contributed by atoms with Crippen LogP contribution in [0.5, 0.6) is 0 Å². The third-order valence-electron chi connectivity index (χ3n) is 19.1. The molecule has 32 atom stereocenters. The molecule has 6 fully saturated rings. The van der Waals surface area contributed by atoms with Gasteiger partial charge in [0.25, 0.3) is 5.91 Å². The maximum absolute atomic E-state index is 13.9. The zero-order valence-electron chi connectivity index (χ0n) is 63.9. The standard InChI is InChI=1S/C66H108N14O37/c1-23(2)11-29(58(103)77-28(53(67)98)7-6-8-71-66(68)69)79-59(104)40(26(5)85)80-55(100)25(4)75-56(101)30(12-27-14-70-22-72-27)78-54(99)24(3)74-57(102)31(13-39(87)88)76-38(86)15-73-108-10-9-105-60-46(94)43(91)36(113-60)20-106-61-49(97)50(115-65-52(45(93)35(19-84)112-65)117-63-48(96)42(90)33(17-82)110-63)37(114-61)21-107-64-51(44(92)34(18-83)111-64)116-62-47(95)41(89)32(16-81)109-62/h14-15,22-26,28-37,40-52,60-65,81-85,89-97H,6-13,16-21H2,1-5H3,(H2,67,98)(H,70,72)(H,74,102)(H,75,101)(H,76,86)(H,77,103)(H,78,99)(H,79,104)(H,80,100)(H,87,88)(H4,68,69,71)/t24-,25-,26+,28-,29-,30-,31-,32+,33+,34+,35+,36+,37+,40-,41+,42+,43+,44+,45+,46-,47-,48-,49-,50+,51-,52-,60-,61-,62-,63-,64-,65+/m0/s1. The average Bonchev–Trinajstić information content (AvgIpc) is 1.64. The van der Waals surface area contributed by atoms with Gasteiger partial charge in [-0.3, -0.25) is 48.1 Å². The summed E-state index contributed by atoms with van der Waals surface area (Å²) in [6.45, 7) is 1.49. The van der Waals surface area contributed by atoms with E-state index in [0.717, 1.165) is 13.8 Å². The molecule has 0 unspecified atom stereocenters. The summed E-state index contributed by atoms with van der Waals surface area (Å²) in [5, 5.41) is 178. The summed E-state index contributed by atoms with van der Waals surface area (Å²) in [5.74, 6) is -10.3. The Morgan fingerprint density at radius 2 is 0.983 bits per heavy atom. The Hall–Kier alpha value is -7.86. The van der Waals surface area contributed by atoms with Crippen molar-refractivity contribution in [2.24, 2.45) is 33.3 Å². The highest BCUT2D eigenvalue weighted by atomic mass is 16.8. The maximum atomic E-state index is 13.9. The number of H-pyrrole nitrogens is 1. The molecule has 664 valence electrons. The minimum absolute atomic E-state index is 0.0224. The molecule has 0 aliphatic carbocycles. The van der Waals surface area contributed by atoms with Gasteiger partial charge >= 0.3 is 5.97 Å². The van der Waals surface area contributed by atoms with E-state index >= 15 is 0 Å². The number of primary amides is 1. The summed E-state index contributed by atoms with van der Waals surface area (Å²) >= 11 is 0. The lowest BCUT2D eigenvalue weighted by Crippen LogP contribution is -2.61.